The molecule has 0 atom stereocenters. The average molecular weight is 333 g/mol. The Morgan fingerprint density at radius 1 is 1.08 bits per heavy atom. The minimum Gasteiger partial charge on any atom is -0.389 e. The van der Waals surface area contributed by atoms with Crippen molar-refractivity contribution < 1.29 is 5.11 Å². The number of β-amino-alcohol motifs (C(OH)–C–C–N with tert-alkyl or cyclic N) is 1. The molecule has 0 aromatic carbocycles. The van der Waals surface area contributed by atoms with E-state index in [9.17, 15) is 5.11 Å². The molecular formula is C17H15N7O. The zero-order chi connectivity index (χ0) is 16.8. The number of pyridine rings is 1. The smallest absolute Gasteiger partial charge is 0.147 e. The van der Waals surface area contributed by atoms with E-state index >= 15 is 0 Å². The SMILES string of the molecule is OC1CN(c2cncc(-c3c[nH]c4ncc(-c5cn[nH]c5)cc34)n2)C1. The summed E-state index contributed by atoms with van der Waals surface area (Å²) in [5.41, 5.74) is 4.49. The maximum atomic E-state index is 9.48. The van der Waals surface area contributed by atoms with Crippen molar-refractivity contribution in [3.05, 3.63) is 43.2 Å². The molecule has 0 bridgehead atoms. The number of fused-ring (bicyclic) bond motifs is 1. The number of anilines is 1. The maximum Gasteiger partial charge on any atom is 0.147 e. The van der Waals surface area contributed by atoms with Gasteiger partial charge in [-0.05, 0) is 6.07 Å². The molecule has 4 aromatic heterocycles. The van der Waals surface area contributed by atoms with Gasteiger partial charge in [-0.3, -0.25) is 10.1 Å². The molecule has 1 fully saturated rings. The Labute approximate surface area is 142 Å². The van der Waals surface area contributed by atoms with Crippen molar-refractivity contribution in [3.63, 3.8) is 0 Å². The number of nitrogens with zero attached hydrogens (tertiary/aromatic N) is 5. The molecular weight excluding hydrogens is 318 g/mol. The second-order valence-corrected chi connectivity index (χ2v) is 6.13. The van der Waals surface area contributed by atoms with Crippen LogP contribution in [0.2, 0.25) is 0 Å². The molecule has 1 aliphatic rings. The van der Waals surface area contributed by atoms with Crippen LogP contribution in [0, 0.1) is 0 Å². The third-order valence-corrected chi connectivity index (χ3v) is 4.45. The molecule has 8 heteroatoms. The van der Waals surface area contributed by atoms with Crippen LogP contribution in [-0.4, -0.2) is 54.4 Å². The van der Waals surface area contributed by atoms with Crippen LogP contribution < -0.4 is 4.90 Å². The fraction of sp³-hybridized carbons (Fsp3) is 0.176. The van der Waals surface area contributed by atoms with Crippen LogP contribution in [0.5, 0.6) is 0 Å². The van der Waals surface area contributed by atoms with Gasteiger partial charge in [0.2, 0.25) is 0 Å². The summed E-state index contributed by atoms with van der Waals surface area (Å²) in [5, 5.41) is 17.3. The molecule has 0 aliphatic carbocycles. The van der Waals surface area contributed by atoms with Crippen LogP contribution in [0.15, 0.2) is 43.2 Å². The number of aromatic amines is 2. The largest absolute Gasteiger partial charge is 0.389 e. The van der Waals surface area contributed by atoms with Crippen LogP contribution in [0.3, 0.4) is 0 Å². The van der Waals surface area contributed by atoms with Gasteiger partial charge < -0.3 is 15.0 Å². The molecule has 5 rings (SSSR count). The van der Waals surface area contributed by atoms with Crippen LogP contribution in [0.25, 0.3) is 33.4 Å². The molecule has 25 heavy (non-hydrogen) atoms. The monoisotopic (exact) mass is 333 g/mol. The van der Waals surface area contributed by atoms with Gasteiger partial charge in [-0.15, -0.1) is 0 Å². The van der Waals surface area contributed by atoms with Gasteiger partial charge >= 0.3 is 0 Å². The topological polar surface area (TPSA) is 107 Å². The van der Waals surface area contributed by atoms with E-state index in [1.54, 1.807) is 18.6 Å². The van der Waals surface area contributed by atoms with Crippen molar-refractivity contribution in [2.24, 2.45) is 0 Å². The van der Waals surface area contributed by atoms with Crippen LogP contribution in [0.4, 0.5) is 5.82 Å². The first kappa shape index (κ1) is 14.1. The summed E-state index contributed by atoms with van der Waals surface area (Å²) >= 11 is 0. The second-order valence-electron chi connectivity index (χ2n) is 6.13. The summed E-state index contributed by atoms with van der Waals surface area (Å²) in [7, 11) is 0. The van der Waals surface area contributed by atoms with Gasteiger partial charge in [0.15, 0.2) is 0 Å². The van der Waals surface area contributed by atoms with Crippen molar-refractivity contribution in [1.29, 1.82) is 0 Å². The van der Waals surface area contributed by atoms with Gasteiger partial charge in [-0.1, -0.05) is 0 Å². The van der Waals surface area contributed by atoms with Crippen molar-refractivity contribution in [1.82, 2.24) is 30.1 Å². The number of aromatic nitrogens is 6. The second kappa shape index (κ2) is 5.38. The first-order valence-electron chi connectivity index (χ1n) is 7.99. The summed E-state index contributed by atoms with van der Waals surface area (Å²) in [6, 6.07) is 2.07. The quantitative estimate of drug-likeness (QED) is 0.526. The number of nitrogens with one attached hydrogen (secondary N) is 2. The lowest BCUT2D eigenvalue weighted by molar-refractivity contribution is 0.141. The van der Waals surface area contributed by atoms with E-state index in [1.165, 1.54) is 0 Å². The summed E-state index contributed by atoms with van der Waals surface area (Å²) in [5.74, 6) is 0.774. The summed E-state index contributed by atoms with van der Waals surface area (Å²) in [6.07, 6.45) is 10.5. The molecule has 0 unspecified atom stereocenters. The predicted octanol–water partition coefficient (Wildman–Crippen LogP) is 1.59. The van der Waals surface area contributed by atoms with Gasteiger partial charge in [0, 0.05) is 53.8 Å². The lowest BCUT2D eigenvalue weighted by atomic mass is 10.1. The van der Waals surface area contributed by atoms with E-state index in [2.05, 4.69) is 31.2 Å². The third-order valence-electron chi connectivity index (χ3n) is 4.45. The highest BCUT2D eigenvalue weighted by Crippen LogP contribution is 2.30. The molecule has 5 heterocycles. The van der Waals surface area contributed by atoms with Gasteiger partial charge in [0.25, 0.3) is 0 Å². The zero-order valence-corrected chi connectivity index (χ0v) is 13.2. The zero-order valence-electron chi connectivity index (χ0n) is 13.2. The lowest BCUT2D eigenvalue weighted by Gasteiger charge is -2.36. The molecule has 0 spiro atoms. The predicted molar refractivity (Wildman–Crippen MR) is 92.9 cm³/mol. The van der Waals surface area contributed by atoms with Crippen molar-refractivity contribution in [3.8, 4) is 22.4 Å². The van der Waals surface area contributed by atoms with Gasteiger partial charge in [-0.2, -0.15) is 5.10 Å². The Hall–Kier alpha value is -3.26. The van der Waals surface area contributed by atoms with Gasteiger partial charge in [0.05, 0.1) is 30.4 Å². The van der Waals surface area contributed by atoms with Crippen molar-refractivity contribution >= 4 is 16.9 Å². The number of aliphatic hydroxyl groups excluding tert-OH is 1. The summed E-state index contributed by atoms with van der Waals surface area (Å²) < 4.78 is 0. The van der Waals surface area contributed by atoms with Crippen LogP contribution in [-0.2, 0) is 0 Å². The molecule has 4 aromatic rings. The number of H-pyrrole nitrogens is 2. The first-order chi connectivity index (χ1) is 12.3. The molecule has 124 valence electrons. The fourth-order valence-electron chi connectivity index (χ4n) is 3.06. The highest BCUT2D eigenvalue weighted by Gasteiger charge is 2.26. The van der Waals surface area contributed by atoms with E-state index in [0.29, 0.717) is 13.1 Å². The lowest BCUT2D eigenvalue weighted by Crippen LogP contribution is -2.51. The highest BCUT2D eigenvalue weighted by atomic mass is 16.3. The minimum absolute atomic E-state index is 0.278. The maximum absolute atomic E-state index is 9.48. The number of hydrogen-bond acceptors (Lipinski definition) is 6. The van der Waals surface area contributed by atoms with E-state index in [4.69, 9.17) is 4.98 Å². The first-order valence-corrected chi connectivity index (χ1v) is 7.99. The summed E-state index contributed by atoms with van der Waals surface area (Å²) in [4.78, 5) is 18.7. The molecule has 3 N–H and O–H groups in total. The van der Waals surface area contributed by atoms with Gasteiger partial charge in [0.1, 0.15) is 11.5 Å². The summed E-state index contributed by atoms with van der Waals surface area (Å²) in [6.45, 7) is 1.19. The van der Waals surface area contributed by atoms with Crippen molar-refractivity contribution in [2.75, 3.05) is 18.0 Å². The van der Waals surface area contributed by atoms with E-state index in [1.807, 2.05) is 23.5 Å². The number of hydrogen-bond donors (Lipinski definition) is 3. The molecule has 8 nitrogen and oxygen atoms in total. The van der Waals surface area contributed by atoms with Crippen molar-refractivity contribution in [2.45, 2.75) is 6.10 Å². The van der Waals surface area contributed by atoms with E-state index < -0.39 is 0 Å². The Balaban J connectivity index is 1.58. The average Bonchev–Trinajstić information content (AvgIpc) is 3.28. The van der Waals surface area contributed by atoms with E-state index in [0.717, 1.165) is 39.2 Å². The van der Waals surface area contributed by atoms with Crippen LogP contribution >= 0.6 is 0 Å². The molecule has 0 saturated carbocycles. The molecule has 1 aliphatic heterocycles. The number of rotatable bonds is 3. The Morgan fingerprint density at radius 2 is 2.00 bits per heavy atom. The normalized spacial score (nSPS) is 14.8. The molecule has 0 radical (unpaired) electrons. The Kier molecular flexibility index (Phi) is 3.04. The fourth-order valence-corrected chi connectivity index (χ4v) is 3.06. The van der Waals surface area contributed by atoms with E-state index in [-0.39, 0.29) is 6.10 Å². The Bertz CT molecular complexity index is 1030. The Morgan fingerprint density at radius 3 is 2.80 bits per heavy atom. The number of aliphatic hydroxyl groups is 1. The minimum atomic E-state index is -0.278. The molecule has 0 amide bonds. The van der Waals surface area contributed by atoms with Crippen LogP contribution in [0.1, 0.15) is 0 Å². The highest BCUT2D eigenvalue weighted by molar-refractivity contribution is 5.94. The molecule has 1 saturated heterocycles. The standard InChI is InChI=1S/C17H15N7O/c25-12-8-24(9-12)16-7-18-6-15(23-16)14-5-20-17-13(14)1-10(2-19-17)11-3-21-22-4-11/h1-7,12,25H,8-9H2,(H,19,20)(H,21,22). The van der Waals surface area contributed by atoms with Gasteiger partial charge in [-0.25, -0.2) is 9.97 Å². The third kappa shape index (κ3) is 2.34.